The van der Waals surface area contributed by atoms with Crippen molar-refractivity contribution in [1.82, 2.24) is 15.5 Å². The predicted molar refractivity (Wildman–Crippen MR) is 117 cm³/mol. The van der Waals surface area contributed by atoms with Crippen LogP contribution in [0.15, 0.2) is 4.99 Å². The Hall–Kier alpha value is -0.0800. The van der Waals surface area contributed by atoms with E-state index in [-0.39, 0.29) is 24.0 Å². The summed E-state index contributed by atoms with van der Waals surface area (Å²) in [5.41, 5.74) is 0. The predicted octanol–water partition coefficient (Wildman–Crippen LogP) is 2.95. The van der Waals surface area contributed by atoms with Gasteiger partial charge < -0.3 is 20.3 Å². The van der Waals surface area contributed by atoms with Gasteiger partial charge in [-0.25, -0.2) is 0 Å². The van der Waals surface area contributed by atoms with Gasteiger partial charge in [-0.15, -0.1) is 24.0 Å². The summed E-state index contributed by atoms with van der Waals surface area (Å²) in [6.07, 6.45) is 6.42. The van der Waals surface area contributed by atoms with E-state index in [1.54, 1.807) is 0 Å². The summed E-state index contributed by atoms with van der Waals surface area (Å²) in [7, 11) is 1.85. The fraction of sp³-hybridized carbons (Fsp3) is 0.947. The Labute approximate surface area is 171 Å². The molecule has 148 valence electrons. The van der Waals surface area contributed by atoms with Gasteiger partial charge in [-0.1, -0.05) is 13.8 Å². The molecule has 0 aromatic heterocycles. The quantitative estimate of drug-likeness (QED) is 0.225. The average Bonchev–Trinajstić information content (AvgIpc) is 3.37. The van der Waals surface area contributed by atoms with Crippen molar-refractivity contribution >= 4 is 29.9 Å². The van der Waals surface area contributed by atoms with Crippen molar-refractivity contribution in [2.24, 2.45) is 22.7 Å². The van der Waals surface area contributed by atoms with Crippen LogP contribution in [0.2, 0.25) is 0 Å². The van der Waals surface area contributed by atoms with Crippen LogP contribution < -0.4 is 10.6 Å². The van der Waals surface area contributed by atoms with Crippen molar-refractivity contribution in [3.05, 3.63) is 0 Å². The van der Waals surface area contributed by atoms with Gasteiger partial charge in [-0.05, 0) is 56.4 Å². The van der Waals surface area contributed by atoms with Gasteiger partial charge in [0.15, 0.2) is 5.96 Å². The maximum atomic E-state index is 5.67. The van der Waals surface area contributed by atoms with Crippen molar-refractivity contribution < 1.29 is 4.74 Å². The van der Waals surface area contributed by atoms with E-state index in [0.717, 1.165) is 56.4 Å². The number of ether oxygens (including phenoxy) is 1. The van der Waals surface area contributed by atoms with Crippen molar-refractivity contribution in [1.29, 1.82) is 0 Å². The molecule has 6 heteroatoms. The normalized spacial score (nSPS) is 21.9. The van der Waals surface area contributed by atoms with Crippen LogP contribution in [-0.2, 0) is 4.74 Å². The molecular formula is C19H39IN4O. The summed E-state index contributed by atoms with van der Waals surface area (Å²) in [5.74, 6) is 3.28. The molecule has 1 unspecified atom stereocenters. The number of rotatable bonds is 10. The minimum Gasteiger partial charge on any atom is -0.381 e. The van der Waals surface area contributed by atoms with Gasteiger partial charge in [0.2, 0.25) is 0 Å². The number of likely N-dealkylation sites (tertiary alicyclic amines) is 1. The average molecular weight is 466 g/mol. The maximum Gasteiger partial charge on any atom is 0.190 e. The van der Waals surface area contributed by atoms with Crippen molar-refractivity contribution in [2.45, 2.75) is 46.0 Å². The molecule has 0 amide bonds. The molecule has 0 aromatic carbocycles. The van der Waals surface area contributed by atoms with Gasteiger partial charge in [0.05, 0.1) is 0 Å². The molecule has 1 saturated heterocycles. The molecule has 1 atom stereocenters. The topological polar surface area (TPSA) is 48.9 Å². The van der Waals surface area contributed by atoms with Crippen molar-refractivity contribution in [2.75, 3.05) is 53.0 Å². The van der Waals surface area contributed by atoms with E-state index in [1.165, 1.54) is 45.3 Å². The molecule has 2 rings (SSSR count). The summed E-state index contributed by atoms with van der Waals surface area (Å²) in [5, 5.41) is 6.91. The van der Waals surface area contributed by atoms with Crippen LogP contribution in [-0.4, -0.2) is 63.8 Å². The highest BCUT2D eigenvalue weighted by molar-refractivity contribution is 14.0. The number of nitrogens with zero attached hydrogens (tertiary/aromatic N) is 2. The lowest BCUT2D eigenvalue weighted by Crippen LogP contribution is -2.45. The third-order valence-electron chi connectivity index (χ3n) is 4.82. The highest BCUT2D eigenvalue weighted by Gasteiger charge is 2.21. The second-order valence-electron chi connectivity index (χ2n) is 7.91. The van der Waals surface area contributed by atoms with E-state index in [2.05, 4.69) is 34.4 Å². The summed E-state index contributed by atoms with van der Waals surface area (Å²) < 4.78 is 5.67. The van der Waals surface area contributed by atoms with Gasteiger partial charge in [0, 0.05) is 46.4 Å². The molecule has 2 N–H and O–H groups in total. The van der Waals surface area contributed by atoms with Crippen molar-refractivity contribution in [3.63, 3.8) is 0 Å². The van der Waals surface area contributed by atoms with Crippen LogP contribution in [0.4, 0.5) is 0 Å². The van der Waals surface area contributed by atoms with E-state index in [1.807, 2.05) is 7.05 Å². The first-order chi connectivity index (χ1) is 11.7. The Bertz CT molecular complexity index is 374. The second kappa shape index (κ2) is 13.1. The zero-order valence-electron chi connectivity index (χ0n) is 16.4. The van der Waals surface area contributed by atoms with Crippen molar-refractivity contribution in [3.8, 4) is 0 Å². The summed E-state index contributed by atoms with van der Waals surface area (Å²) in [4.78, 5) is 6.95. The molecular weight excluding hydrogens is 427 g/mol. The van der Waals surface area contributed by atoms with Crippen LogP contribution in [0.25, 0.3) is 0 Å². The highest BCUT2D eigenvalue weighted by atomic mass is 127. The molecule has 1 heterocycles. The fourth-order valence-electron chi connectivity index (χ4n) is 3.38. The monoisotopic (exact) mass is 466 g/mol. The first kappa shape index (κ1) is 23.0. The second-order valence-corrected chi connectivity index (χ2v) is 7.91. The minimum atomic E-state index is 0. The zero-order valence-corrected chi connectivity index (χ0v) is 18.8. The number of piperidine rings is 1. The van der Waals surface area contributed by atoms with Gasteiger partial charge in [0.25, 0.3) is 0 Å². The summed E-state index contributed by atoms with van der Waals surface area (Å²) >= 11 is 0. The van der Waals surface area contributed by atoms with E-state index >= 15 is 0 Å². The Morgan fingerprint density at radius 3 is 2.68 bits per heavy atom. The SMILES string of the molecule is CN=C(NCCCOCC1CC1)NCC1CCCN(CC(C)C)C1.I. The molecule has 5 nitrogen and oxygen atoms in total. The summed E-state index contributed by atoms with van der Waals surface area (Å²) in [6, 6.07) is 0. The molecule has 0 bridgehead atoms. The Kier molecular flexibility index (Phi) is 12.1. The Morgan fingerprint density at radius 1 is 1.20 bits per heavy atom. The van der Waals surface area contributed by atoms with E-state index in [4.69, 9.17) is 4.74 Å². The van der Waals surface area contributed by atoms with E-state index in [9.17, 15) is 0 Å². The first-order valence-electron chi connectivity index (χ1n) is 9.92. The fourth-order valence-corrected chi connectivity index (χ4v) is 3.38. The molecule has 2 fully saturated rings. The minimum absolute atomic E-state index is 0. The largest absolute Gasteiger partial charge is 0.381 e. The van der Waals surface area contributed by atoms with Crippen LogP contribution >= 0.6 is 24.0 Å². The number of aliphatic imine (C=N–C) groups is 1. The maximum absolute atomic E-state index is 5.67. The molecule has 1 aliphatic heterocycles. The van der Waals surface area contributed by atoms with Crippen LogP contribution in [0, 0.1) is 17.8 Å². The lowest BCUT2D eigenvalue weighted by Gasteiger charge is -2.34. The molecule has 0 aromatic rings. The van der Waals surface area contributed by atoms with Crippen LogP contribution in [0.5, 0.6) is 0 Å². The third-order valence-corrected chi connectivity index (χ3v) is 4.82. The zero-order chi connectivity index (χ0) is 17.2. The lowest BCUT2D eigenvalue weighted by atomic mass is 9.97. The Balaban J connectivity index is 0.00000312. The Morgan fingerprint density at radius 2 is 2.00 bits per heavy atom. The molecule has 1 aliphatic carbocycles. The van der Waals surface area contributed by atoms with Crippen LogP contribution in [0.1, 0.15) is 46.0 Å². The lowest BCUT2D eigenvalue weighted by molar-refractivity contribution is 0.123. The molecule has 0 radical (unpaired) electrons. The van der Waals surface area contributed by atoms with Gasteiger partial charge in [0.1, 0.15) is 0 Å². The standard InChI is InChI=1S/C19H38N4O.HI/c1-16(2)13-23-10-4-6-18(14-23)12-22-19(20-3)21-9-5-11-24-15-17-7-8-17;/h16-18H,4-15H2,1-3H3,(H2,20,21,22);1H. The highest BCUT2D eigenvalue weighted by Crippen LogP contribution is 2.28. The third kappa shape index (κ3) is 10.6. The smallest absolute Gasteiger partial charge is 0.190 e. The van der Waals surface area contributed by atoms with Gasteiger partial charge >= 0.3 is 0 Å². The molecule has 0 spiro atoms. The van der Waals surface area contributed by atoms with Gasteiger partial charge in [-0.3, -0.25) is 4.99 Å². The number of halogens is 1. The number of guanidine groups is 1. The first-order valence-corrected chi connectivity index (χ1v) is 9.92. The molecule has 1 saturated carbocycles. The number of hydrogen-bond acceptors (Lipinski definition) is 3. The number of nitrogens with one attached hydrogen (secondary N) is 2. The van der Waals surface area contributed by atoms with Gasteiger partial charge in [-0.2, -0.15) is 0 Å². The molecule has 2 aliphatic rings. The molecule has 25 heavy (non-hydrogen) atoms. The van der Waals surface area contributed by atoms with Crippen LogP contribution in [0.3, 0.4) is 0 Å². The van der Waals surface area contributed by atoms with E-state index in [0.29, 0.717) is 0 Å². The number of hydrogen-bond donors (Lipinski definition) is 2. The summed E-state index contributed by atoms with van der Waals surface area (Å²) in [6.45, 7) is 12.1. The van der Waals surface area contributed by atoms with E-state index < -0.39 is 0 Å².